The zero-order valence-electron chi connectivity index (χ0n) is 20.2. The summed E-state index contributed by atoms with van der Waals surface area (Å²) in [5, 5.41) is 11.5. The highest BCUT2D eigenvalue weighted by Crippen LogP contribution is 2.37. The summed E-state index contributed by atoms with van der Waals surface area (Å²) in [4.78, 5) is 11.6. The number of alkyl halides is 3. The molecule has 186 valence electrons. The fraction of sp³-hybridized carbons (Fsp3) is 0.321. The van der Waals surface area contributed by atoms with Crippen molar-refractivity contribution >= 4 is 24.7 Å². The molecule has 1 atom stereocenters. The van der Waals surface area contributed by atoms with Gasteiger partial charge in [-0.25, -0.2) is 0 Å². The minimum absolute atomic E-state index is 0.185. The number of carboxylic acid groups (broad SMARTS) is 1. The number of aliphatic carboxylic acids is 1. The van der Waals surface area contributed by atoms with E-state index in [1.165, 1.54) is 12.1 Å². The summed E-state index contributed by atoms with van der Waals surface area (Å²) in [6.45, 7) is 6.75. The first-order valence-corrected chi connectivity index (χ1v) is 13.5. The van der Waals surface area contributed by atoms with Gasteiger partial charge in [-0.1, -0.05) is 93.6 Å². The second-order valence-corrected chi connectivity index (χ2v) is 14.0. The van der Waals surface area contributed by atoms with Crippen molar-refractivity contribution in [3.05, 3.63) is 96.1 Å². The van der Waals surface area contributed by atoms with E-state index in [-0.39, 0.29) is 18.1 Å². The Morgan fingerprint density at radius 1 is 0.857 bits per heavy atom. The van der Waals surface area contributed by atoms with Crippen LogP contribution in [0.5, 0.6) is 0 Å². The lowest BCUT2D eigenvalue weighted by Gasteiger charge is -2.43. The van der Waals surface area contributed by atoms with Gasteiger partial charge in [0, 0.05) is 6.61 Å². The Morgan fingerprint density at radius 3 is 1.74 bits per heavy atom. The molecular formula is C28H31F3O3Si. The molecule has 1 unspecified atom stereocenters. The van der Waals surface area contributed by atoms with Crippen molar-refractivity contribution in [2.24, 2.45) is 0 Å². The Hall–Kier alpha value is -2.90. The summed E-state index contributed by atoms with van der Waals surface area (Å²) in [6.07, 6.45) is -4.25. The number of carboxylic acids is 1. The highest BCUT2D eigenvalue weighted by molar-refractivity contribution is 6.99. The Bertz CT molecular complexity index is 1050. The third-order valence-electron chi connectivity index (χ3n) is 6.33. The Morgan fingerprint density at radius 2 is 1.34 bits per heavy atom. The van der Waals surface area contributed by atoms with Crippen molar-refractivity contribution in [1.82, 2.24) is 0 Å². The average molecular weight is 501 g/mol. The molecule has 0 fully saturated rings. The van der Waals surface area contributed by atoms with Crippen LogP contribution < -0.4 is 10.4 Å². The summed E-state index contributed by atoms with van der Waals surface area (Å²) in [5.41, 5.74) is -0.190. The SMILES string of the molecule is CC(C)(C)[Si](OCCC(CC(=O)O)c1ccc(C(F)(F)F)cc1)(c1ccccc1)c1ccccc1. The summed E-state index contributed by atoms with van der Waals surface area (Å²) < 4.78 is 45.8. The summed E-state index contributed by atoms with van der Waals surface area (Å²) in [6, 6.07) is 25.0. The molecule has 0 spiro atoms. The van der Waals surface area contributed by atoms with Gasteiger partial charge in [0.05, 0.1) is 12.0 Å². The van der Waals surface area contributed by atoms with Crippen LogP contribution >= 0.6 is 0 Å². The highest BCUT2D eigenvalue weighted by atomic mass is 28.4. The second kappa shape index (κ2) is 10.8. The maximum atomic E-state index is 13.0. The molecule has 0 radical (unpaired) electrons. The molecule has 35 heavy (non-hydrogen) atoms. The monoisotopic (exact) mass is 500 g/mol. The molecule has 0 aliphatic carbocycles. The van der Waals surface area contributed by atoms with Gasteiger partial charge in [-0.15, -0.1) is 0 Å². The minimum atomic E-state index is -4.44. The molecule has 0 bridgehead atoms. The number of carbonyl (C=O) groups is 1. The molecule has 0 saturated heterocycles. The lowest BCUT2D eigenvalue weighted by molar-refractivity contribution is -0.138. The van der Waals surface area contributed by atoms with Crippen LogP contribution in [0.4, 0.5) is 13.2 Å². The van der Waals surface area contributed by atoms with Crippen LogP contribution in [-0.4, -0.2) is 26.0 Å². The molecule has 0 aliphatic heterocycles. The topological polar surface area (TPSA) is 46.5 Å². The van der Waals surface area contributed by atoms with E-state index in [1.807, 2.05) is 36.4 Å². The van der Waals surface area contributed by atoms with E-state index in [0.717, 1.165) is 22.5 Å². The summed E-state index contributed by atoms with van der Waals surface area (Å²) >= 11 is 0. The van der Waals surface area contributed by atoms with E-state index in [0.29, 0.717) is 12.0 Å². The zero-order chi connectivity index (χ0) is 25.7. The van der Waals surface area contributed by atoms with Gasteiger partial charge in [0.25, 0.3) is 8.32 Å². The van der Waals surface area contributed by atoms with Gasteiger partial charge in [-0.05, 0) is 45.4 Å². The van der Waals surface area contributed by atoms with Crippen molar-refractivity contribution in [2.75, 3.05) is 6.61 Å². The van der Waals surface area contributed by atoms with Gasteiger partial charge in [0.15, 0.2) is 0 Å². The molecule has 0 aromatic heterocycles. The first kappa shape index (κ1) is 26.7. The van der Waals surface area contributed by atoms with Crippen molar-refractivity contribution in [3.8, 4) is 0 Å². The number of rotatable bonds is 9. The maximum absolute atomic E-state index is 13.0. The van der Waals surface area contributed by atoms with Gasteiger partial charge in [0.1, 0.15) is 0 Å². The first-order valence-electron chi connectivity index (χ1n) is 11.6. The number of hydrogen-bond donors (Lipinski definition) is 1. The maximum Gasteiger partial charge on any atom is 0.416 e. The van der Waals surface area contributed by atoms with Crippen LogP contribution in [-0.2, 0) is 15.4 Å². The van der Waals surface area contributed by atoms with Crippen LogP contribution in [0.15, 0.2) is 84.9 Å². The van der Waals surface area contributed by atoms with Gasteiger partial charge in [0.2, 0.25) is 0 Å². The van der Waals surface area contributed by atoms with Gasteiger partial charge in [-0.3, -0.25) is 4.79 Å². The molecule has 0 heterocycles. The molecule has 3 aromatic rings. The van der Waals surface area contributed by atoms with Crippen LogP contribution in [0.3, 0.4) is 0 Å². The van der Waals surface area contributed by atoms with E-state index in [1.54, 1.807) is 0 Å². The van der Waals surface area contributed by atoms with Crippen LogP contribution in [0.1, 0.15) is 50.7 Å². The van der Waals surface area contributed by atoms with Gasteiger partial charge in [-0.2, -0.15) is 13.2 Å². The molecule has 0 aliphatic rings. The third kappa shape index (κ3) is 6.21. The zero-order valence-corrected chi connectivity index (χ0v) is 21.2. The smallest absolute Gasteiger partial charge is 0.416 e. The molecule has 3 aromatic carbocycles. The standard InChI is InChI=1S/C28H31F3O3Si/c1-27(2,3)35(24-10-6-4-7-11-24,25-12-8-5-9-13-25)34-19-18-22(20-26(32)33)21-14-16-23(17-15-21)28(29,30)31/h4-17,22H,18-20H2,1-3H3,(H,32,33). The lowest BCUT2D eigenvalue weighted by Crippen LogP contribution is -2.66. The predicted octanol–water partition coefficient (Wildman–Crippen LogP) is 6.23. The van der Waals surface area contributed by atoms with Crippen molar-refractivity contribution in [3.63, 3.8) is 0 Å². The first-order chi connectivity index (χ1) is 16.4. The van der Waals surface area contributed by atoms with Crippen LogP contribution in [0.25, 0.3) is 0 Å². The van der Waals surface area contributed by atoms with E-state index >= 15 is 0 Å². The van der Waals surface area contributed by atoms with Crippen LogP contribution in [0, 0.1) is 0 Å². The average Bonchev–Trinajstić information content (AvgIpc) is 2.81. The number of benzene rings is 3. The van der Waals surface area contributed by atoms with Gasteiger partial charge >= 0.3 is 12.1 Å². The minimum Gasteiger partial charge on any atom is -0.481 e. The van der Waals surface area contributed by atoms with E-state index < -0.39 is 31.9 Å². The Balaban J connectivity index is 1.93. The van der Waals surface area contributed by atoms with Crippen molar-refractivity contribution < 1.29 is 27.5 Å². The molecule has 7 heteroatoms. The Kier molecular flexibility index (Phi) is 8.23. The molecular weight excluding hydrogens is 469 g/mol. The summed E-state index contributed by atoms with van der Waals surface area (Å²) in [5.74, 6) is -1.46. The molecule has 3 nitrogen and oxygen atoms in total. The predicted molar refractivity (Wildman–Crippen MR) is 135 cm³/mol. The van der Waals surface area contributed by atoms with E-state index in [2.05, 4.69) is 45.0 Å². The molecule has 1 N–H and O–H groups in total. The number of halogens is 3. The normalized spacial score (nSPS) is 13.4. The molecule has 0 saturated carbocycles. The van der Waals surface area contributed by atoms with E-state index in [4.69, 9.17) is 4.43 Å². The second-order valence-electron chi connectivity index (χ2n) is 9.71. The number of hydrogen-bond acceptors (Lipinski definition) is 2. The summed E-state index contributed by atoms with van der Waals surface area (Å²) in [7, 11) is -2.79. The molecule has 0 amide bonds. The largest absolute Gasteiger partial charge is 0.481 e. The molecule has 3 rings (SSSR count). The van der Waals surface area contributed by atoms with Crippen molar-refractivity contribution in [1.29, 1.82) is 0 Å². The third-order valence-corrected chi connectivity index (χ3v) is 11.4. The van der Waals surface area contributed by atoms with Crippen LogP contribution in [0.2, 0.25) is 5.04 Å². The lowest BCUT2D eigenvalue weighted by atomic mass is 9.92. The van der Waals surface area contributed by atoms with Crippen molar-refractivity contribution in [2.45, 2.75) is 50.7 Å². The van der Waals surface area contributed by atoms with E-state index in [9.17, 15) is 23.1 Å². The highest BCUT2D eigenvalue weighted by Gasteiger charge is 2.50. The van der Waals surface area contributed by atoms with Gasteiger partial charge < -0.3 is 9.53 Å². The quantitative estimate of drug-likeness (QED) is 0.354. The Labute approximate surface area is 205 Å². The fourth-order valence-electron chi connectivity index (χ4n) is 4.66. The fourth-order valence-corrected chi connectivity index (χ4v) is 9.24.